The van der Waals surface area contributed by atoms with Crippen molar-refractivity contribution in [3.8, 4) is 11.5 Å². The molecule has 1 aromatic carbocycles. The molecule has 0 unspecified atom stereocenters. The third-order valence-electron chi connectivity index (χ3n) is 1.49. The number of hydrogen-bond donors (Lipinski definition) is 1. The molecule has 3 nitrogen and oxygen atoms in total. The van der Waals surface area contributed by atoms with Gasteiger partial charge in [-0.3, -0.25) is 4.79 Å². The van der Waals surface area contributed by atoms with Crippen LogP contribution >= 0.6 is 0 Å². The Hall–Kier alpha value is -1.51. The molecule has 0 heterocycles. The number of ketones is 1. The Bertz CT molecular complexity index is 305. The smallest absolute Gasteiger partial charge is 0.168 e. The predicted molar refractivity (Wildman–Crippen MR) is 43.5 cm³/mol. The second kappa shape index (κ2) is 3.26. The summed E-state index contributed by atoms with van der Waals surface area (Å²) < 4.78 is 4.76. The van der Waals surface area contributed by atoms with Crippen molar-refractivity contribution in [2.75, 3.05) is 7.11 Å². The van der Waals surface area contributed by atoms with Crippen LogP contribution in [0.2, 0.25) is 0 Å². The molecule has 1 radical (unpaired) electrons. The Morgan fingerprint density at radius 1 is 1.67 bits per heavy atom. The fourth-order valence-corrected chi connectivity index (χ4v) is 0.839. The fraction of sp³-hybridized carbons (Fsp3) is 0.222. The van der Waals surface area contributed by atoms with Gasteiger partial charge in [-0.15, -0.1) is 0 Å². The quantitative estimate of drug-likeness (QED) is 0.674. The van der Waals surface area contributed by atoms with Crippen LogP contribution in [-0.2, 0) is 0 Å². The van der Waals surface area contributed by atoms with E-state index < -0.39 is 0 Å². The van der Waals surface area contributed by atoms with E-state index in [1.54, 1.807) is 0 Å². The molecule has 63 valence electrons. The molecule has 1 aromatic rings. The van der Waals surface area contributed by atoms with Crippen molar-refractivity contribution in [3.05, 3.63) is 23.8 Å². The molecule has 0 saturated carbocycles. The van der Waals surface area contributed by atoms with E-state index in [9.17, 15) is 9.90 Å². The zero-order chi connectivity index (χ0) is 9.14. The minimum atomic E-state index is -0.107. The zero-order valence-electron chi connectivity index (χ0n) is 6.92. The van der Waals surface area contributed by atoms with E-state index in [-0.39, 0.29) is 17.3 Å². The van der Waals surface area contributed by atoms with Gasteiger partial charge in [0.1, 0.15) is 0 Å². The third-order valence-corrected chi connectivity index (χ3v) is 1.49. The number of benzene rings is 1. The maximum atomic E-state index is 10.8. The number of phenols is 1. The van der Waals surface area contributed by atoms with Gasteiger partial charge in [0.2, 0.25) is 0 Å². The summed E-state index contributed by atoms with van der Waals surface area (Å²) in [6.07, 6.45) is 0. The lowest BCUT2D eigenvalue weighted by Crippen LogP contribution is -1.92. The van der Waals surface area contributed by atoms with E-state index in [0.29, 0.717) is 5.56 Å². The van der Waals surface area contributed by atoms with Gasteiger partial charge in [0.05, 0.1) is 7.11 Å². The second-order valence-corrected chi connectivity index (χ2v) is 2.36. The van der Waals surface area contributed by atoms with Crippen LogP contribution in [0.15, 0.2) is 12.1 Å². The SMILES string of the molecule is COc1[c]cc(C(C)=O)cc1O. The highest BCUT2D eigenvalue weighted by Gasteiger charge is 2.05. The van der Waals surface area contributed by atoms with Crippen LogP contribution in [0.25, 0.3) is 0 Å². The molecule has 1 N–H and O–H groups in total. The number of methoxy groups -OCH3 is 1. The Labute approximate surface area is 70.6 Å². The summed E-state index contributed by atoms with van der Waals surface area (Å²) in [5, 5.41) is 9.23. The van der Waals surface area contributed by atoms with Crippen molar-refractivity contribution in [1.82, 2.24) is 0 Å². The molecule has 3 heteroatoms. The summed E-state index contributed by atoms with van der Waals surface area (Å²) in [6.45, 7) is 1.43. The van der Waals surface area contributed by atoms with Crippen LogP contribution in [0, 0.1) is 6.07 Å². The van der Waals surface area contributed by atoms with Crippen LogP contribution in [0.5, 0.6) is 11.5 Å². The van der Waals surface area contributed by atoms with Crippen molar-refractivity contribution in [1.29, 1.82) is 0 Å². The molecule has 0 fully saturated rings. The average molecular weight is 165 g/mol. The molecule has 0 aliphatic rings. The first-order valence-corrected chi connectivity index (χ1v) is 3.44. The first-order chi connectivity index (χ1) is 5.65. The molecule has 0 bridgehead atoms. The highest BCUT2D eigenvalue weighted by molar-refractivity contribution is 5.94. The van der Waals surface area contributed by atoms with Gasteiger partial charge < -0.3 is 9.84 Å². The molecule has 0 amide bonds. The van der Waals surface area contributed by atoms with Gasteiger partial charge in [-0.2, -0.15) is 0 Å². The number of Topliss-reactive ketones (excluding diaryl/α,β-unsaturated/α-hetero) is 1. The standard InChI is InChI=1S/C9H9O3/c1-6(10)7-3-4-9(12-2)8(11)5-7/h3,5,11H,1-2H3. The topological polar surface area (TPSA) is 46.5 Å². The maximum absolute atomic E-state index is 10.8. The summed E-state index contributed by atoms with van der Waals surface area (Å²) >= 11 is 0. The van der Waals surface area contributed by atoms with Crippen LogP contribution in [0.1, 0.15) is 17.3 Å². The minimum Gasteiger partial charge on any atom is -0.504 e. The van der Waals surface area contributed by atoms with Gasteiger partial charge in [-0.05, 0) is 19.1 Å². The predicted octanol–water partition coefficient (Wildman–Crippen LogP) is 1.40. The van der Waals surface area contributed by atoms with Crippen molar-refractivity contribution in [3.63, 3.8) is 0 Å². The van der Waals surface area contributed by atoms with Crippen molar-refractivity contribution < 1.29 is 14.6 Å². The van der Waals surface area contributed by atoms with Crippen LogP contribution in [-0.4, -0.2) is 18.0 Å². The number of carbonyl (C=O) groups is 1. The zero-order valence-corrected chi connectivity index (χ0v) is 6.92. The number of rotatable bonds is 2. The number of phenolic OH excluding ortho intramolecular Hbond substituents is 1. The summed E-state index contributed by atoms with van der Waals surface area (Å²) in [6, 6.07) is 5.49. The molecular formula is C9H9O3. The molecule has 12 heavy (non-hydrogen) atoms. The fourth-order valence-electron chi connectivity index (χ4n) is 0.839. The lowest BCUT2D eigenvalue weighted by molar-refractivity contribution is 0.101. The van der Waals surface area contributed by atoms with Crippen molar-refractivity contribution >= 4 is 5.78 Å². The number of aromatic hydroxyl groups is 1. The van der Waals surface area contributed by atoms with Gasteiger partial charge in [0.25, 0.3) is 0 Å². The van der Waals surface area contributed by atoms with Gasteiger partial charge in [0, 0.05) is 11.6 Å². The molecule has 0 atom stereocenters. The third kappa shape index (κ3) is 1.56. The van der Waals surface area contributed by atoms with Gasteiger partial charge in [0.15, 0.2) is 17.3 Å². The summed E-state index contributed by atoms with van der Waals surface area (Å²) in [4.78, 5) is 10.8. The van der Waals surface area contributed by atoms with E-state index in [4.69, 9.17) is 4.74 Å². The number of carbonyl (C=O) groups excluding carboxylic acids is 1. The summed E-state index contributed by atoms with van der Waals surface area (Å²) in [5.41, 5.74) is 0.424. The average Bonchev–Trinajstić information content (AvgIpc) is 2.04. The van der Waals surface area contributed by atoms with E-state index >= 15 is 0 Å². The molecule has 0 spiro atoms. The van der Waals surface area contributed by atoms with E-state index in [1.165, 1.54) is 26.2 Å². The van der Waals surface area contributed by atoms with E-state index in [2.05, 4.69) is 6.07 Å². The van der Waals surface area contributed by atoms with Gasteiger partial charge >= 0.3 is 0 Å². The first kappa shape index (κ1) is 8.59. The van der Waals surface area contributed by atoms with Crippen LogP contribution in [0.4, 0.5) is 0 Å². The normalized spacial score (nSPS) is 9.50. The second-order valence-electron chi connectivity index (χ2n) is 2.36. The van der Waals surface area contributed by atoms with Crippen LogP contribution < -0.4 is 4.74 Å². The van der Waals surface area contributed by atoms with E-state index in [1.807, 2.05) is 0 Å². The van der Waals surface area contributed by atoms with Crippen molar-refractivity contribution in [2.45, 2.75) is 6.92 Å². The number of hydrogen-bond acceptors (Lipinski definition) is 3. The summed E-state index contributed by atoms with van der Waals surface area (Å²) in [7, 11) is 1.43. The largest absolute Gasteiger partial charge is 0.504 e. The van der Waals surface area contributed by atoms with Gasteiger partial charge in [-0.1, -0.05) is 0 Å². The Morgan fingerprint density at radius 3 is 2.75 bits per heavy atom. The van der Waals surface area contributed by atoms with Gasteiger partial charge in [-0.25, -0.2) is 0 Å². The van der Waals surface area contributed by atoms with E-state index in [0.717, 1.165) is 0 Å². The number of ether oxygens (including phenoxy) is 1. The summed E-state index contributed by atoms with van der Waals surface area (Å²) in [5.74, 6) is 0.0782. The first-order valence-electron chi connectivity index (χ1n) is 3.44. The monoisotopic (exact) mass is 165 g/mol. The minimum absolute atomic E-state index is 0.0646. The molecule has 1 rings (SSSR count). The molecule has 0 aliphatic heterocycles. The Balaban J connectivity index is 3.10. The van der Waals surface area contributed by atoms with Crippen molar-refractivity contribution in [2.24, 2.45) is 0 Å². The maximum Gasteiger partial charge on any atom is 0.168 e. The highest BCUT2D eigenvalue weighted by atomic mass is 16.5. The van der Waals surface area contributed by atoms with Crippen LogP contribution in [0.3, 0.4) is 0 Å². The lowest BCUT2D eigenvalue weighted by Gasteiger charge is -2.02. The Kier molecular flexibility index (Phi) is 2.33. The highest BCUT2D eigenvalue weighted by Crippen LogP contribution is 2.25. The lowest BCUT2D eigenvalue weighted by atomic mass is 10.1. The molecular weight excluding hydrogens is 156 g/mol. The molecule has 0 aromatic heterocycles. The molecule has 0 aliphatic carbocycles. The molecule has 0 saturated heterocycles. The Morgan fingerprint density at radius 2 is 2.33 bits per heavy atom.